The van der Waals surface area contributed by atoms with Crippen molar-refractivity contribution >= 4 is 45.2 Å². The number of hydrogen-bond donors (Lipinski definition) is 1. The molecular formula is C37H49N5O7. The number of Topliss-reactive ketones (excluding diaryl/α,β-unsaturated/α-hetero) is 2. The van der Waals surface area contributed by atoms with Crippen LogP contribution in [0.15, 0.2) is 36.4 Å². The Morgan fingerprint density at radius 3 is 1.84 bits per heavy atom. The van der Waals surface area contributed by atoms with Gasteiger partial charge < -0.3 is 19.5 Å². The minimum atomic E-state index is -1.06. The van der Waals surface area contributed by atoms with E-state index in [-0.39, 0.29) is 48.0 Å². The van der Waals surface area contributed by atoms with Crippen LogP contribution in [0.4, 0.5) is 0 Å². The van der Waals surface area contributed by atoms with E-state index in [0.29, 0.717) is 70.8 Å². The molecule has 4 aromatic rings. The van der Waals surface area contributed by atoms with Crippen molar-refractivity contribution in [3.05, 3.63) is 47.8 Å². The molecule has 0 saturated carbocycles. The number of rotatable bonds is 18. The smallest absolute Gasteiger partial charge is 0.328 e. The summed E-state index contributed by atoms with van der Waals surface area (Å²) in [4.78, 5) is 54.2. The molecule has 264 valence electrons. The molecule has 0 saturated heterocycles. The summed E-state index contributed by atoms with van der Waals surface area (Å²) in [5.41, 5.74) is 1.73. The molecule has 0 fully saturated rings. The van der Waals surface area contributed by atoms with E-state index >= 15 is 0 Å². The number of benzene rings is 2. The SMILES string of the molecule is COc1ccc2c(C(=O)C(C)C)nn(CC(=O)N(CCCCC(C(=O)O)n3nc(C(=O)C(C)C)c4ccc(OC)cc43)CCC(C)C)c2c1. The fraction of sp³-hybridized carbons (Fsp3) is 0.514. The van der Waals surface area contributed by atoms with Crippen molar-refractivity contribution in [2.75, 3.05) is 27.3 Å². The predicted octanol–water partition coefficient (Wildman–Crippen LogP) is 6.45. The van der Waals surface area contributed by atoms with Gasteiger partial charge in [0, 0.05) is 47.8 Å². The van der Waals surface area contributed by atoms with Gasteiger partial charge in [0.25, 0.3) is 0 Å². The zero-order chi connectivity index (χ0) is 36.0. The lowest BCUT2D eigenvalue weighted by molar-refractivity contribution is -0.141. The summed E-state index contributed by atoms with van der Waals surface area (Å²) < 4.78 is 13.8. The minimum absolute atomic E-state index is 0.0569. The average molecular weight is 676 g/mol. The summed E-state index contributed by atoms with van der Waals surface area (Å²) in [5, 5.41) is 20.7. The zero-order valence-electron chi connectivity index (χ0n) is 29.9. The van der Waals surface area contributed by atoms with Crippen molar-refractivity contribution < 1.29 is 33.8 Å². The number of ether oxygens (including phenoxy) is 2. The van der Waals surface area contributed by atoms with E-state index in [1.54, 1.807) is 66.9 Å². The van der Waals surface area contributed by atoms with Crippen LogP contribution in [-0.4, -0.2) is 80.3 Å². The minimum Gasteiger partial charge on any atom is -0.497 e. The lowest BCUT2D eigenvalue weighted by Crippen LogP contribution is -2.36. The van der Waals surface area contributed by atoms with E-state index in [1.165, 1.54) is 11.8 Å². The maximum Gasteiger partial charge on any atom is 0.328 e. The maximum atomic E-state index is 13.8. The Morgan fingerprint density at radius 1 is 0.755 bits per heavy atom. The van der Waals surface area contributed by atoms with E-state index in [4.69, 9.17) is 9.47 Å². The molecular weight excluding hydrogens is 626 g/mol. The molecule has 2 heterocycles. The topological polar surface area (TPSA) is 146 Å². The van der Waals surface area contributed by atoms with Gasteiger partial charge in [0.05, 0.1) is 25.3 Å². The van der Waals surface area contributed by atoms with Crippen LogP contribution in [0.5, 0.6) is 11.5 Å². The molecule has 49 heavy (non-hydrogen) atoms. The Kier molecular flexibility index (Phi) is 12.2. The molecule has 4 rings (SSSR count). The van der Waals surface area contributed by atoms with Crippen LogP contribution in [-0.2, 0) is 16.1 Å². The van der Waals surface area contributed by atoms with Crippen LogP contribution >= 0.6 is 0 Å². The van der Waals surface area contributed by atoms with Crippen LogP contribution < -0.4 is 9.47 Å². The molecule has 0 aliphatic heterocycles. The number of nitrogens with zero attached hydrogens (tertiary/aromatic N) is 5. The van der Waals surface area contributed by atoms with Gasteiger partial charge in [-0.3, -0.25) is 19.1 Å². The molecule has 2 aromatic heterocycles. The van der Waals surface area contributed by atoms with Crippen molar-refractivity contribution in [3.63, 3.8) is 0 Å². The molecule has 1 unspecified atom stereocenters. The number of methoxy groups -OCH3 is 2. The van der Waals surface area contributed by atoms with Crippen LogP contribution in [0.25, 0.3) is 21.8 Å². The lowest BCUT2D eigenvalue weighted by Gasteiger charge is -2.24. The van der Waals surface area contributed by atoms with Crippen molar-refractivity contribution in [1.29, 1.82) is 0 Å². The summed E-state index contributed by atoms with van der Waals surface area (Å²) in [6.45, 7) is 12.3. The Labute approximate surface area is 287 Å². The second kappa shape index (κ2) is 16.1. The van der Waals surface area contributed by atoms with Gasteiger partial charge in [-0.2, -0.15) is 10.2 Å². The number of unbranched alkanes of at least 4 members (excludes halogenated alkanes) is 1. The average Bonchev–Trinajstić information content (AvgIpc) is 3.62. The highest BCUT2D eigenvalue weighted by atomic mass is 16.5. The first-order chi connectivity index (χ1) is 23.3. The Hall–Kier alpha value is -4.74. The second-order valence-electron chi connectivity index (χ2n) is 13.5. The largest absolute Gasteiger partial charge is 0.497 e. The predicted molar refractivity (Wildman–Crippen MR) is 187 cm³/mol. The molecule has 0 aliphatic rings. The van der Waals surface area contributed by atoms with E-state index in [9.17, 15) is 24.3 Å². The van der Waals surface area contributed by atoms with E-state index < -0.39 is 12.0 Å². The van der Waals surface area contributed by atoms with Crippen molar-refractivity contribution in [3.8, 4) is 11.5 Å². The number of carbonyl (C=O) groups is 4. The van der Waals surface area contributed by atoms with Gasteiger partial charge in [-0.15, -0.1) is 0 Å². The fourth-order valence-electron chi connectivity index (χ4n) is 5.79. The monoisotopic (exact) mass is 675 g/mol. The Balaban J connectivity index is 1.54. The Morgan fingerprint density at radius 2 is 1.31 bits per heavy atom. The first-order valence-corrected chi connectivity index (χ1v) is 17.0. The van der Waals surface area contributed by atoms with Crippen molar-refractivity contribution in [1.82, 2.24) is 24.5 Å². The van der Waals surface area contributed by atoms with Gasteiger partial charge in [-0.05, 0) is 55.9 Å². The van der Waals surface area contributed by atoms with Gasteiger partial charge in [-0.25, -0.2) is 9.48 Å². The summed E-state index contributed by atoms with van der Waals surface area (Å²) in [7, 11) is 3.09. The molecule has 12 heteroatoms. The van der Waals surface area contributed by atoms with Gasteiger partial charge in [0.15, 0.2) is 11.6 Å². The number of hydrogen-bond acceptors (Lipinski definition) is 8. The van der Waals surface area contributed by atoms with Crippen molar-refractivity contribution in [2.24, 2.45) is 17.8 Å². The molecule has 0 radical (unpaired) electrons. The van der Waals surface area contributed by atoms with Gasteiger partial charge in [0.2, 0.25) is 5.91 Å². The highest BCUT2D eigenvalue weighted by Crippen LogP contribution is 2.30. The normalized spacial score (nSPS) is 12.3. The summed E-state index contributed by atoms with van der Waals surface area (Å²) in [6, 6.07) is 9.51. The van der Waals surface area contributed by atoms with Crippen LogP contribution in [0.3, 0.4) is 0 Å². The number of carboxylic acid groups (broad SMARTS) is 1. The third-order valence-corrected chi connectivity index (χ3v) is 8.74. The first kappa shape index (κ1) is 37.1. The zero-order valence-corrected chi connectivity index (χ0v) is 29.9. The number of carboxylic acids is 1. The number of amides is 1. The number of aromatic nitrogens is 4. The summed E-state index contributed by atoms with van der Waals surface area (Å²) in [6.07, 6.45) is 2.09. The molecule has 1 N–H and O–H groups in total. The second-order valence-corrected chi connectivity index (χ2v) is 13.5. The molecule has 0 spiro atoms. The highest BCUT2D eigenvalue weighted by molar-refractivity contribution is 6.08. The Bertz CT molecular complexity index is 1820. The molecule has 0 bridgehead atoms. The fourth-order valence-corrected chi connectivity index (χ4v) is 5.79. The third kappa shape index (κ3) is 8.47. The number of aliphatic carboxylic acids is 1. The standard InChI is InChI=1S/C37H49N5O7/c1-22(2)16-18-40(32(43)21-41-30-19-25(48-7)12-14-27(30)33(38-41)35(44)23(3)4)17-10-9-11-29(37(46)47)42-31-20-26(49-8)13-15-28(31)34(39-42)36(45)24(5)6/h12-15,19-20,22-24,29H,9-11,16-18,21H2,1-8H3,(H,46,47). The van der Waals surface area contributed by atoms with E-state index in [1.807, 2.05) is 13.8 Å². The van der Waals surface area contributed by atoms with Crippen LogP contribution in [0, 0.1) is 17.8 Å². The molecule has 12 nitrogen and oxygen atoms in total. The molecule has 1 atom stereocenters. The number of fused-ring (bicyclic) bond motifs is 2. The van der Waals surface area contributed by atoms with Crippen LogP contribution in [0.1, 0.15) is 94.2 Å². The van der Waals surface area contributed by atoms with Crippen molar-refractivity contribution in [2.45, 2.75) is 79.8 Å². The van der Waals surface area contributed by atoms with Gasteiger partial charge in [0.1, 0.15) is 35.5 Å². The van der Waals surface area contributed by atoms with E-state index in [0.717, 1.165) is 6.42 Å². The molecule has 0 aliphatic carbocycles. The molecule has 2 aromatic carbocycles. The quantitative estimate of drug-likeness (QED) is 0.0928. The van der Waals surface area contributed by atoms with Crippen LogP contribution in [0.2, 0.25) is 0 Å². The summed E-state index contributed by atoms with van der Waals surface area (Å²) in [5.74, 6) is -0.547. The lowest BCUT2D eigenvalue weighted by atomic mass is 10.0. The summed E-state index contributed by atoms with van der Waals surface area (Å²) >= 11 is 0. The highest BCUT2D eigenvalue weighted by Gasteiger charge is 2.28. The number of carbonyl (C=O) groups excluding carboxylic acids is 3. The van der Waals surface area contributed by atoms with Gasteiger partial charge >= 0.3 is 5.97 Å². The maximum absolute atomic E-state index is 13.8. The third-order valence-electron chi connectivity index (χ3n) is 8.74. The number of ketones is 2. The van der Waals surface area contributed by atoms with Gasteiger partial charge in [-0.1, -0.05) is 41.5 Å². The van der Waals surface area contributed by atoms with E-state index in [2.05, 4.69) is 24.0 Å². The molecule has 1 amide bonds. The first-order valence-electron chi connectivity index (χ1n) is 17.0.